The Balaban J connectivity index is 1.33. The van der Waals surface area contributed by atoms with Crippen LogP contribution in [0, 0.1) is 6.92 Å². The third-order valence-corrected chi connectivity index (χ3v) is 8.89. The first kappa shape index (κ1) is 28.6. The Labute approximate surface area is 246 Å². The van der Waals surface area contributed by atoms with Crippen LogP contribution in [0.15, 0.2) is 30.3 Å². The second-order valence-electron chi connectivity index (χ2n) is 10.8. The van der Waals surface area contributed by atoms with Crippen molar-refractivity contribution in [3.63, 3.8) is 0 Å². The highest BCUT2D eigenvalue weighted by molar-refractivity contribution is 7.79. The zero-order valence-corrected chi connectivity index (χ0v) is 25.2. The van der Waals surface area contributed by atoms with Crippen molar-refractivity contribution < 1.29 is 14.6 Å². The summed E-state index contributed by atoms with van der Waals surface area (Å²) in [5, 5.41) is 16.2. The van der Waals surface area contributed by atoms with Gasteiger partial charge in [0.05, 0.1) is 12.3 Å². The maximum atomic E-state index is 12.3. The smallest absolute Gasteiger partial charge is 0.352 e. The lowest BCUT2D eigenvalue weighted by Gasteiger charge is -2.21. The number of carbonyl (C=O) groups is 1. The van der Waals surface area contributed by atoms with Crippen molar-refractivity contribution in [1.29, 1.82) is 0 Å². The molecular weight excluding hydrogens is 542 g/mol. The van der Waals surface area contributed by atoms with Crippen LogP contribution in [-0.2, 0) is 51.4 Å². The summed E-state index contributed by atoms with van der Waals surface area (Å²) in [6.07, 6.45) is 7.83. The normalized spacial score (nSPS) is 13.1. The summed E-state index contributed by atoms with van der Waals surface area (Å²) in [6, 6.07) is 10.5. The third kappa shape index (κ3) is 5.64. The molecule has 1 aliphatic carbocycles. The van der Waals surface area contributed by atoms with Gasteiger partial charge in [0.1, 0.15) is 11.4 Å². The number of aromatic carboxylic acids is 1. The summed E-state index contributed by atoms with van der Waals surface area (Å²) in [4.78, 5) is 12.3. The average molecular weight is 580 g/mol. The molecule has 0 spiro atoms. The minimum absolute atomic E-state index is 0.336. The van der Waals surface area contributed by atoms with Crippen molar-refractivity contribution in [2.75, 3.05) is 6.61 Å². The van der Waals surface area contributed by atoms with Crippen molar-refractivity contribution >= 4 is 41.1 Å². The van der Waals surface area contributed by atoms with Crippen LogP contribution in [0.2, 0.25) is 5.02 Å². The molecule has 0 saturated carbocycles. The van der Waals surface area contributed by atoms with E-state index < -0.39 is 5.97 Å². The van der Waals surface area contributed by atoms with E-state index in [0.717, 1.165) is 65.6 Å². The van der Waals surface area contributed by atoms with Crippen LogP contribution in [0.25, 0.3) is 10.9 Å². The Morgan fingerprint density at radius 3 is 2.70 bits per heavy atom. The molecule has 0 unspecified atom stereocenters. The first-order valence-electron chi connectivity index (χ1n) is 14.3. The topological polar surface area (TPSA) is 69.3 Å². The fourth-order valence-corrected chi connectivity index (χ4v) is 6.72. The minimum atomic E-state index is -0.913. The number of aryl methyl sites for hydroxylation is 7. The Morgan fingerprint density at radius 2 is 1.98 bits per heavy atom. The van der Waals surface area contributed by atoms with Gasteiger partial charge in [0.2, 0.25) is 0 Å². The minimum Gasteiger partial charge on any atom is -0.493 e. The number of benzene rings is 2. The molecule has 1 N–H and O–H groups in total. The number of nitrogens with zero attached hydrogens (tertiary/aromatic N) is 3. The number of hydrogen-bond acceptors (Lipinski definition) is 4. The van der Waals surface area contributed by atoms with Gasteiger partial charge in [0, 0.05) is 41.0 Å². The highest BCUT2D eigenvalue weighted by Crippen LogP contribution is 2.35. The molecule has 2 aromatic carbocycles. The van der Waals surface area contributed by atoms with E-state index in [1.165, 1.54) is 35.2 Å². The van der Waals surface area contributed by atoms with Gasteiger partial charge in [-0.1, -0.05) is 24.6 Å². The Kier molecular flexibility index (Phi) is 8.81. The molecule has 2 heterocycles. The molecule has 1 aliphatic rings. The number of thiol groups is 1. The fraction of sp³-hybridized carbons (Fsp3) is 0.438. The van der Waals surface area contributed by atoms with Gasteiger partial charge in [-0.05, 0) is 110 Å². The molecule has 0 radical (unpaired) electrons. The predicted octanol–water partition coefficient (Wildman–Crippen LogP) is 7.16. The van der Waals surface area contributed by atoms with Gasteiger partial charge in [-0.3, -0.25) is 4.68 Å². The van der Waals surface area contributed by atoms with Crippen LogP contribution in [0.4, 0.5) is 0 Å². The van der Waals surface area contributed by atoms with Crippen LogP contribution in [-0.4, -0.2) is 32.0 Å². The standard InChI is InChI=1S/C32H38ClN3O3S/c1-4-25-27(33)12-13-28-30(25)20(2)31(32(37)38)36(28)14-7-15-39-29-17-21(16-22-8-5-6-9-26(22)29)10-11-24-18-23(19-40)34-35(24)3/h12-13,16-18,40H,4-11,14-15,19H2,1-3H3,(H,37,38). The summed E-state index contributed by atoms with van der Waals surface area (Å²) < 4.78 is 10.3. The van der Waals surface area contributed by atoms with E-state index in [-0.39, 0.29) is 0 Å². The summed E-state index contributed by atoms with van der Waals surface area (Å²) >= 11 is 10.8. The third-order valence-electron chi connectivity index (χ3n) is 8.21. The highest BCUT2D eigenvalue weighted by Gasteiger charge is 2.22. The van der Waals surface area contributed by atoms with Gasteiger partial charge in [-0.15, -0.1) is 0 Å². The number of hydrogen-bond donors (Lipinski definition) is 2. The monoisotopic (exact) mass is 579 g/mol. The lowest BCUT2D eigenvalue weighted by molar-refractivity contribution is 0.0684. The average Bonchev–Trinajstić information content (AvgIpc) is 3.45. The quantitative estimate of drug-likeness (QED) is 0.146. The maximum Gasteiger partial charge on any atom is 0.352 e. The van der Waals surface area contributed by atoms with Gasteiger partial charge in [-0.2, -0.15) is 17.7 Å². The zero-order valence-electron chi connectivity index (χ0n) is 23.6. The van der Waals surface area contributed by atoms with E-state index in [2.05, 4.69) is 42.9 Å². The molecule has 0 saturated heterocycles. The molecule has 6 nitrogen and oxygen atoms in total. The van der Waals surface area contributed by atoms with Crippen molar-refractivity contribution in [3.05, 3.63) is 80.3 Å². The number of aromatic nitrogens is 3. The summed E-state index contributed by atoms with van der Waals surface area (Å²) in [5.41, 5.74) is 9.28. The zero-order chi connectivity index (χ0) is 28.4. The van der Waals surface area contributed by atoms with E-state index in [9.17, 15) is 9.90 Å². The van der Waals surface area contributed by atoms with Crippen molar-refractivity contribution in [2.24, 2.45) is 7.05 Å². The van der Waals surface area contributed by atoms with E-state index >= 15 is 0 Å². The molecule has 0 amide bonds. The Morgan fingerprint density at radius 1 is 1.18 bits per heavy atom. The van der Waals surface area contributed by atoms with Gasteiger partial charge in [-0.25, -0.2) is 4.79 Å². The molecule has 0 bridgehead atoms. The van der Waals surface area contributed by atoms with Crippen LogP contribution >= 0.6 is 24.2 Å². The fourth-order valence-electron chi connectivity index (χ4n) is 6.27. The second-order valence-corrected chi connectivity index (χ2v) is 11.5. The lowest BCUT2D eigenvalue weighted by atomic mass is 9.88. The van der Waals surface area contributed by atoms with Crippen molar-refractivity contribution in [3.8, 4) is 5.75 Å². The van der Waals surface area contributed by atoms with Crippen LogP contribution < -0.4 is 4.74 Å². The maximum absolute atomic E-state index is 12.3. The van der Waals surface area contributed by atoms with Crippen LogP contribution in [0.3, 0.4) is 0 Å². The van der Waals surface area contributed by atoms with Gasteiger partial charge >= 0.3 is 5.97 Å². The summed E-state index contributed by atoms with van der Waals surface area (Å²) in [6.45, 7) is 5.02. The first-order valence-corrected chi connectivity index (χ1v) is 15.3. The summed E-state index contributed by atoms with van der Waals surface area (Å²) in [5.74, 6) is 0.717. The Bertz CT molecular complexity index is 1560. The molecule has 40 heavy (non-hydrogen) atoms. The molecule has 0 fully saturated rings. The molecule has 4 aromatic rings. The SMILES string of the molecule is CCc1c(Cl)ccc2c1c(C)c(C(=O)O)n2CCCOc1cc(CCc2cc(CS)nn2C)cc2c1CCCC2. The van der Waals surface area contributed by atoms with E-state index in [4.69, 9.17) is 16.3 Å². The number of ether oxygens (including phenoxy) is 1. The molecule has 0 atom stereocenters. The lowest BCUT2D eigenvalue weighted by Crippen LogP contribution is -2.13. The van der Waals surface area contributed by atoms with Crippen molar-refractivity contribution in [1.82, 2.24) is 14.3 Å². The molecule has 212 valence electrons. The first-order chi connectivity index (χ1) is 19.3. The number of carboxylic acids is 1. The van der Waals surface area contributed by atoms with Gasteiger partial charge in [0.15, 0.2) is 0 Å². The Hall–Kier alpha value is -2.90. The van der Waals surface area contributed by atoms with Crippen LogP contribution in [0.5, 0.6) is 5.75 Å². The van der Waals surface area contributed by atoms with Gasteiger partial charge in [0.25, 0.3) is 0 Å². The molecule has 0 aliphatic heterocycles. The van der Waals surface area contributed by atoms with E-state index in [1.54, 1.807) is 0 Å². The number of fused-ring (bicyclic) bond motifs is 2. The van der Waals surface area contributed by atoms with Crippen molar-refractivity contribution in [2.45, 2.75) is 77.5 Å². The van der Waals surface area contributed by atoms with E-state index in [0.29, 0.717) is 36.0 Å². The largest absolute Gasteiger partial charge is 0.493 e. The predicted molar refractivity (Wildman–Crippen MR) is 165 cm³/mol. The molecule has 8 heteroatoms. The molecule has 2 aromatic heterocycles. The van der Waals surface area contributed by atoms with Gasteiger partial charge < -0.3 is 14.4 Å². The van der Waals surface area contributed by atoms with Crippen LogP contribution in [0.1, 0.15) is 75.9 Å². The number of rotatable bonds is 11. The highest BCUT2D eigenvalue weighted by atomic mass is 35.5. The molecular formula is C32H38ClN3O3S. The molecule has 5 rings (SSSR count). The second kappa shape index (κ2) is 12.3. The number of carboxylic acid groups (broad SMARTS) is 1. The number of halogens is 1. The summed E-state index contributed by atoms with van der Waals surface area (Å²) in [7, 11) is 1.99. The van der Waals surface area contributed by atoms with E-state index in [1.807, 2.05) is 35.4 Å².